The van der Waals surface area contributed by atoms with Crippen LogP contribution in [0.2, 0.25) is 0 Å². The van der Waals surface area contributed by atoms with Crippen molar-refractivity contribution in [2.45, 2.75) is 19.8 Å². The van der Waals surface area contributed by atoms with Crippen LogP contribution in [0.15, 0.2) is 18.2 Å². The van der Waals surface area contributed by atoms with Crippen LogP contribution in [0.4, 0.5) is 0 Å². The molecule has 4 nitrogen and oxygen atoms in total. The molecule has 2 N–H and O–H groups in total. The summed E-state index contributed by atoms with van der Waals surface area (Å²) in [4.78, 5) is 10.8. The Morgan fingerprint density at radius 1 is 1.38 bits per heavy atom. The third kappa shape index (κ3) is 3.55. The minimum Gasteiger partial charge on any atom is -0.494 e. The van der Waals surface area contributed by atoms with E-state index in [9.17, 15) is 4.79 Å². The molecule has 0 fully saturated rings. The van der Waals surface area contributed by atoms with E-state index < -0.39 is 5.97 Å². The first-order valence-corrected chi connectivity index (χ1v) is 5.22. The summed E-state index contributed by atoms with van der Waals surface area (Å²) in [6.07, 6.45) is 1.50. The predicted octanol–water partition coefficient (Wildman–Crippen LogP) is 1.84. The highest BCUT2D eigenvalue weighted by molar-refractivity contribution is 5.89. The van der Waals surface area contributed by atoms with Gasteiger partial charge in [0.25, 0.3) is 0 Å². The number of carbonyl (C=O) groups is 1. The topological polar surface area (TPSA) is 66.8 Å². The van der Waals surface area contributed by atoms with E-state index in [0.29, 0.717) is 29.9 Å². The number of carboxylic acids is 1. The largest absolute Gasteiger partial charge is 0.494 e. The SMILES string of the molecule is Cc1cc(OCCCCO)ccc1C(=O)O. The Morgan fingerprint density at radius 3 is 2.69 bits per heavy atom. The molecule has 1 rings (SSSR count). The van der Waals surface area contributed by atoms with E-state index in [1.165, 1.54) is 0 Å². The zero-order valence-electron chi connectivity index (χ0n) is 9.27. The van der Waals surface area contributed by atoms with Gasteiger partial charge in [0.2, 0.25) is 0 Å². The molecule has 1 aromatic carbocycles. The summed E-state index contributed by atoms with van der Waals surface area (Å²) in [5.41, 5.74) is 0.981. The molecule has 0 heterocycles. The molecule has 0 aromatic heterocycles. The molecular weight excluding hydrogens is 208 g/mol. The Kier molecular flexibility index (Phi) is 4.79. The van der Waals surface area contributed by atoms with Crippen molar-refractivity contribution in [1.82, 2.24) is 0 Å². The summed E-state index contributed by atoms with van der Waals surface area (Å²) in [7, 11) is 0. The second kappa shape index (κ2) is 6.12. The summed E-state index contributed by atoms with van der Waals surface area (Å²) in [5, 5.41) is 17.4. The smallest absolute Gasteiger partial charge is 0.335 e. The molecule has 0 aliphatic carbocycles. The Labute approximate surface area is 94.5 Å². The van der Waals surface area contributed by atoms with Crippen LogP contribution in [0.3, 0.4) is 0 Å². The molecule has 4 heteroatoms. The van der Waals surface area contributed by atoms with Crippen LogP contribution in [-0.2, 0) is 0 Å². The van der Waals surface area contributed by atoms with Crippen LogP contribution in [0, 0.1) is 6.92 Å². The molecule has 0 saturated heterocycles. The molecule has 0 saturated carbocycles. The molecule has 0 unspecified atom stereocenters. The molecule has 0 spiro atoms. The Bertz CT molecular complexity index is 360. The van der Waals surface area contributed by atoms with Crippen LogP contribution >= 0.6 is 0 Å². The first-order valence-electron chi connectivity index (χ1n) is 5.22. The van der Waals surface area contributed by atoms with Gasteiger partial charge in [0.05, 0.1) is 12.2 Å². The number of unbranched alkanes of at least 4 members (excludes halogenated alkanes) is 1. The molecule has 0 bridgehead atoms. The number of aromatic carboxylic acids is 1. The van der Waals surface area contributed by atoms with Gasteiger partial charge < -0.3 is 14.9 Å². The maximum Gasteiger partial charge on any atom is 0.335 e. The molecule has 0 amide bonds. The van der Waals surface area contributed by atoms with Gasteiger partial charge in [-0.3, -0.25) is 0 Å². The molecule has 0 atom stereocenters. The lowest BCUT2D eigenvalue weighted by Crippen LogP contribution is -2.02. The minimum atomic E-state index is -0.927. The van der Waals surface area contributed by atoms with Gasteiger partial charge in [-0.15, -0.1) is 0 Å². The van der Waals surface area contributed by atoms with Crippen LogP contribution < -0.4 is 4.74 Å². The molecule has 0 aliphatic rings. The van der Waals surface area contributed by atoms with Gasteiger partial charge in [-0.25, -0.2) is 4.79 Å². The van der Waals surface area contributed by atoms with Gasteiger partial charge in [-0.2, -0.15) is 0 Å². The molecule has 0 aliphatic heterocycles. The lowest BCUT2D eigenvalue weighted by atomic mass is 10.1. The van der Waals surface area contributed by atoms with Crippen LogP contribution in [-0.4, -0.2) is 29.4 Å². The number of hydrogen-bond donors (Lipinski definition) is 2. The zero-order valence-corrected chi connectivity index (χ0v) is 9.27. The fourth-order valence-electron chi connectivity index (χ4n) is 1.37. The predicted molar refractivity (Wildman–Crippen MR) is 60.0 cm³/mol. The molecule has 88 valence electrons. The zero-order chi connectivity index (χ0) is 12.0. The second-order valence-corrected chi connectivity index (χ2v) is 3.56. The lowest BCUT2D eigenvalue weighted by molar-refractivity contribution is 0.0696. The van der Waals surface area contributed by atoms with E-state index >= 15 is 0 Å². The normalized spacial score (nSPS) is 10.1. The first-order chi connectivity index (χ1) is 7.65. The van der Waals surface area contributed by atoms with E-state index in [4.69, 9.17) is 14.9 Å². The third-order valence-electron chi connectivity index (χ3n) is 2.25. The van der Waals surface area contributed by atoms with Crippen molar-refractivity contribution >= 4 is 5.97 Å². The second-order valence-electron chi connectivity index (χ2n) is 3.56. The van der Waals surface area contributed by atoms with E-state index in [-0.39, 0.29) is 6.61 Å². The maximum absolute atomic E-state index is 10.8. The quantitative estimate of drug-likeness (QED) is 0.723. The summed E-state index contributed by atoms with van der Waals surface area (Å²) in [6, 6.07) is 4.90. The van der Waals surface area contributed by atoms with Crippen molar-refractivity contribution in [3.05, 3.63) is 29.3 Å². The average molecular weight is 224 g/mol. The van der Waals surface area contributed by atoms with E-state index in [1.54, 1.807) is 25.1 Å². The monoisotopic (exact) mass is 224 g/mol. The van der Waals surface area contributed by atoms with Crippen LogP contribution in [0.1, 0.15) is 28.8 Å². The maximum atomic E-state index is 10.8. The van der Waals surface area contributed by atoms with Gasteiger partial charge >= 0.3 is 5.97 Å². The van der Waals surface area contributed by atoms with Crippen molar-refractivity contribution in [2.75, 3.05) is 13.2 Å². The Morgan fingerprint density at radius 2 is 2.12 bits per heavy atom. The highest BCUT2D eigenvalue weighted by atomic mass is 16.5. The van der Waals surface area contributed by atoms with Gasteiger partial charge in [0.1, 0.15) is 5.75 Å². The van der Waals surface area contributed by atoms with Crippen molar-refractivity contribution in [3.63, 3.8) is 0 Å². The van der Waals surface area contributed by atoms with Crippen LogP contribution in [0.5, 0.6) is 5.75 Å². The number of carboxylic acid groups (broad SMARTS) is 1. The highest BCUT2D eigenvalue weighted by Gasteiger charge is 2.07. The van der Waals surface area contributed by atoms with E-state index in [1.807, 2.05) is 0 Å². The number of benzene rings is 1. The van der Waals surface area contributed by atoms with Crippen molar-refractivity contribution in [3.8, 4) is 5.75 Å². The lowest BCUT2D eigenvalue weighted by Gasteiger charge is -2.07. The fourth-order valence-corrected chi connectivity index (χ4v) is 1.37. The highest BCUT2D eigenvalue weighted by Crippen LogP contribution is 2.17. The first kappa shape index (κ1) is 12.5. The fraction of sp³-hybridized carbons (Fsp3) is 0.417. The summed E-state index contributed by atoms with van der Waals surface area (Å²) < 4.78 is 5.42. The standard InChI is InChI=1S/C12H16O4/c1-9-8-10(16-7-3-2-6-13)4-5-11(9)12(14)15/h4-5,8,13H,2-3,6-7H2,1H3,(H,14,15). The Balaban J connectivity index is 2.56. The van der Waals surface area contributed by atoms with Gasteiger partial charge in [0.15, 0.2) is 0 Å². The number of hydrogen-bond acceptors (Lipinski definition) is 3. The van der Waals surface area contributed by atoms with Gasteiger partial charge in [-0.1, -0.05) is 0 Å². The number of ether oxygens (including phenoxy) is 1. The number of aryl methyl sites for hydroxylation is 1. The molecule has 0 radical (unpaired) electrons. The van der Waals surface area contributed by atoms with Gasteiger partial charge in [0, 0.05) is 6.61 Å². The van der Waals surface area contributed by atoms with Crippen molar-refractivity contribution in [1.29, 1.82) is 0 Å². The van der Waals surface area contributed by atoms with E-state index in [2.05, 4.69) is 0 Å². The van der Waals surface area contributed by atoms with Gasteiger partial charge in [-0.05, 0) is 43.5 Å². The third-order valence-corrected chi connectivity index (χ3v) is 2.25. The summed E-state index contributed by atoms with van der Waals surface area (Å²) in [6.45, 7) is 2.44. The number of rotatable bonds is 6. The average Bonchev–Trinajstić information content (AvgIpc) is 2.24. The minimum absolute atomic E-state index is 0.167. The molecule has 1 aromatic rings. The molecule has 16 heavy (non-hydrogen) atoms. The van der Waals surface area contributed by atoms with Crippen molar-refractivity contribution in [2.24, 2.45) is 0 Å². The van der Waals surface area contributed by atoms with E-state index in [0.717, 1.165) is 6.42 Å². The van der Waals surface area contributed by atoms with Crippen molar-refractivity contribution < 1.29 is 19.7 Å². The summed E-state index contributed by atoms with van der Waals surface area (Å²) in [5.74, 6) is -0.259. The molecular formula is C12H16O4. The number of aliphatic hydroxyl groups excluding tert-OH is 1. The summed E-state index contributed by atoms with van der Waals surface area (Å²) >= 11 is 0. The number of aliphatic hydroxyl groups is 1. The Hall–Kier alpha value is -1.55. The van der Waals surface area contributed by atoms with Crippen LogP contribution in [0.25, 0.3) is 0 Å².